The molecule has 0 spiro atoms. The van der Waals surface area contributed by atoms with E-state index in [2.05, 4.69) is 46.4 Å². The van der Waals surface area contributed by atoms with Gasteiger partial charge in [0.1, 0.15) is 0 Å². The van der Waals surface area contributed by atoms with Gasteiger partial charge in [0, 0.05) is 12.8 Å². The van der Waals surface area contributed by atoms with Gasteiger partial charge in [0.05, 0.1) is 13.2 Å². The molecule has 0 unspecified atom stereocenters. The Kier molecular flexibility index (Phi) is 40.7. The van der Waals surface area contributed by atoms with Crippen molar-refractivity contribution >= 4 is 11.9 Å². The molecule has 0 saturated carbocycles. The van der Waals surface area contributed by atoms with Gasteiger partial charge in [-0.25, -0.2) is 0 Å². The molecule has 0 aliphatic heterocycles. The molecule has 0 bridgehead atoms. The minimum atomic E-state index is 0.0328. The molecule has 0 heterocycles. The smallest absolute Gasteiger partial charge is 0.306 e. The third-order valence-corrected chi connectivity index (χ3v) is 12.1. The second kappa shape index (κ2) is 41.5. The largest absolute Gasteiger partial charge is 0.466 e. The molecule has 0 N–H and O–H groups in total. The van der Waals surface area contributed by atoms with Gasteiger partial charge in [-0.3, -0.25) is 9.59 Å². The fourth-order valence-electron chi connectivity index (χ4n) is 8.16. The Morgan fingerprint density at radius 3 is 0.981 bits per heavy atom. The first-order valence-corrected chi connectivity index (χ1v) is 24.5. The Morgan fingerprint density at radius 2 is 0.667 bits per heavy atom. The molecular weight excluding hydrogens is 667 g/mol. The highest BCUT2D eigenvalue weighted by Gasteiger charge is 2.16. The van der Waals surface area contributed by atoms with Crippen molar-refractivity contribution < 1.29 is 19.1 Å². The van der Waals surface area contributed by atoms with Crippen LogP contribution >= 0.6 is 0 Å². The van der Waals surface area contributed by atoms with Crippen LogP contribution in [0.15, 0.2) is 0 Å². The van der Waals surface area contributed by atoms with E-state index >= 15 is 0 Å². The van der Waals surface area contributed by atoms with Gasteiger partial charge < -0.3 is 14.4 Å². The second-order valence-electron chi connectivity index (χ2n) is 17.1. The lowest BCUT2D eigenvalue weighted by atomic mass is 9.91. The van der Waals surface area contributed by atoms with E-state index in [1.54, 1.807) is 0 Å². The van der Waals surface area contributed by atoms with Gasteiger partial charge in [0.2, 0.25) is 0 Å². The molecule has 0 fully saturated rings. The zero-order chi connectivity index (χ0) is 39.7. The highest BCUT2D eigenvalue weighted by Crippen LogP contribution is 2.24. The monoisotopic (exact) mass is 764 g/mol. The molecule has 0 amide bonds. The molecular formula is C49H97NO4. The zero-order valence-corrected chi connectivity index (χ0v) is 37.7. The third-order valence-electron chi connectivity index (χ3n) is 12.1. The normalized spacial score (nSPS) is 11.8. The van der Waals surface area contributed by atoms with Crippen LogP contribution in [0.2, 0.25) is 0 Å². The Hall–Kier alpha value is -1.10. The van der Waals surface area contributed by atoms with Crippen molar-refractivity contribution in [3.63, 3.8) is 0 Å². The highest BCUT2D eigenvalue weighted by molar-refractivity contribution is 5.70. The van der Waals surface area contributed by atoms with Gasteiger partial charge in [-0.2, -0.15) is 0 Å². The lowest BCUT2D eigenvalue weighted by Crippen LogP contribution is -2.25. The van der Waals surface area contributed by atoms with E-state index in [1.807, 2.05) is 0 Å². The molecule has 0 aromatic rings. The molecule has 5 heteroatoms. The van der Waals surface area contributed by atoms with Crippen molar-refractivity contribution in [1.82, 2.24) is 4.90 Å². The van der Waals surface area contributed by atoms with Crippen molar-refractivity contribution in [2.75, 3.05) is 32.8 Å². The molecule has 0 aromatic carbocycles. The quantitative estimate of drug-likeness (QED) is 0.0457. The molecule has 0 rings (SSSR count). The molecule has 0 aliphatic carbocycles. The predicted molar refractivity (Wildman–Crippen MR) is 235 cm³/mol. The topological polar surface area (TPSA) is 55.8 Å². The Morgan fingerprint density at radius 1 is 0.370 bits per heavy atom. The summed E-state index contributed by atoms with van der Waals surface area (Å²) < 4.78 is 11.2. The molecule has 54 heavy (non-hydrogen) atoms. The van der Waals surface area contributed by atoms with Crippen LogP contribution in [-0.4, -0.2) is 49.7 Å². The summed E-state index contributed by atoms with van der Waals surface area (Å²) in [6.45, 7) is 18.4. The third kappa shape index (κ3) is 35.3. The summed E-state index contributed by atoms with van der Waals surface area (Å²) in [4.78, 5) is 27.3. The van der Waals surface area contributed by atoms with E-state index in [-0.39, 0.29) is 11.9 Å². The fourth-order valence-corrected chi connectivity index (χ4v) is 8.16. The van der Waals surface area contributed by atoms with Crippen LogP contribution in [0.4, 0.5) is 0 Å². The average molecular weight is 764 g/mol. The first-order chi connectivity index (χ1) is 26.4. The number of carbonyl (C=O) groups excluding carboxylic acids is 2. The Bertz CT molecular complexity index is 712. The summed E-state index contributed by atoms with van der Waals surface area (Å²) >= 11 is 0. The summed E-state index contributed by atoms with van der Waals surface area (Å²) in [5.41, 5.74) is 0. The number of ether oxygens (including phenoxy) is 2. The standard InChI is InChI=1S/C49H97NO4/c1-7-13-33-46(34-14-8-2)43-48(51)53-41-31-27-23-19-17-21-25-29-37-45(39-40-50(11-5)12-6)38-30-26-22-18-20-24-28-32-42-54-49(52)44-47(35-15-9-3)36-16-10-4/h45-47H,7-44H2,1-6H3. The minimum Gasteiger partial charge on any atom is -0.466 e. The van der Waals surface area contributed by atoms with Crippen LogP contribution in [0.5, 0.6) is 0 Å². The summed E-state index contributed by atoms with van der Waals surface area (Å²) in [7, 11) is 0. The van der Waals surface area contributed by atoms with Crippen LogP contribution in [0, 0.1) is 17.8 Å². The molecule has 322 valence electrons. The first-order valence-electron chi connectivity index (χ1n) is 24.5. The molecule has 0 aliphatic rings. The number of unbranched alkanes of at least 4 members (excludes halogenated alkanes) is 18. The van der Waals surface area contributed by atoms with Crippen LogP contribution in [-0.2, 0) is 19.1 Å². The van der Waals surface area contributed by atoms with Crippen LogP contribution in [0.25, 0.3) is 0 Å². The molecule has 0 atom stereocenters. The van der Waals surface area contributed by atoms with Crippen molar-refractivity contribution in [3.8, 4) is 0 Å². The SMILES string of the molecule is CCCCC(CCCC)CC(=O)OCCCCCCCCCCC(CCCCCCCCCCOC(=O)CC(CCCC)CCCC)CCN(CC)CC. The van der Waals surface area contributed by atoms with Crippen molar-refractivity contribution in [2.24, 2.45) is 17.8 Å². The van der Waals surface area contributed by atoms with Gasteiger partial charge in [0.25, 0.3) is 0 Å². The van der Waals surface area contributed by atoms with Gasteiger partial charge in [0.15, 0.2) is 0 Å². The molecule has 0 aromatic heterocycles. The van der Waals surface area contributed by atoms with Crippen molar-refractivity contribution in [1.29, 1.82) is 0 Å². The van der Waals surface area contributed by atoms with Gasteiger partial charge >= 0.3 is 11.9 Å². The van der Waals surface area contributed by atoms with Gasteiger partial charge in [-0.05, 0) is 82.3 Å². The molecule has 0 radical (unpaired) electrons. The summed E-state index contributed by atoms with van der Waals surface area (Å²) in [5, 5.41) is 0. The number of hydrogen-bond donors (Lipinski definition) is 0. The number of rotatable bonds is 43. The molecule has 0 saturated heterocycles. The lowest BCUT2D eigenvalue weighted by molar-refractivity contribution is -0.146. The van der Waals surface area contributed by atoms with Crippen LogP contribution in [0.3, 0.4) is 0 Å². The van der Waals surface area contributed by atoms with Gasteiger partial charge in [-0.15, -0.1) is 0 Å². The highest BCUT2D eigenvalue weighted by atomic mass is 16.5. The molecule has 5 nitrogen and oxygen atoms in total. The first kappa shape index (κ1) is 52.9. The minimum absolute atomic E-state index is 0.0328. The maximum absolute atomic E-state index is 12.4. The number of nitrogens with zero attached hydrogens (tertiary/aromatic N) is 1. The lowest BCUT2D eigenvalue weighted by Gasteiger charge is -2.23. The van der Waals surface area contributed by atoms with E-state index in [0.717, 1.165) is 18.8 Å². The maximum Gasteiger partial charge on any atom is 0.306 e. The van der Waals surface area contributed by atoms with E-state index in [0.29, 0.717) is 37.9 Å². The van der Waals surface area contributed by atoms with E-state index in [4.69, 9.17) is 9.47 Å². The second-order valence-corrected chi connectivity index (χ2v) is 17.1. The van der Waals surface area contributed by atoms with E-state index in [9.17, 15) is 9.59 Å². The van der Waals surface area contributed by atoms with E-state index in [1.165, 1.54) is 206 Å². The average Bonchev–Trinajstić information content (AvgIpc) is 3.17. The summed E-state index contributed by atoms with van der Waals surface area (Å²) in [5.74, 6) is 1.99. The maximum atomic E-state index is 12.4. The summed E-state index contributed by atoms with van der Waals surface area (Å²) in [6.07, 6.45) is 40.5. The number of esters is 2. The van der Waals surface area contributed by atoms with Crippen molar-refractivity contribution in [3.05, 3.63) is 0 Å². The van der Waals surface area contributed by atoms with Crippen molar-refractivity contribution in [2.45, 2.75) is 253 Å². The predicted octanol–water partition coefficient (Wildman–Crippen LogP) is 15.2. The Labute approximate surface area is 339 Å². The Balaban J connectivity index is 4.01. The number of hydrogen-bond acceptors (Lipinski definition) is 5. The van der Waals surface area contributed by atoms with Crippen LogP contribution < -0.4 is 0 Å². The fraction of sp³-hybridized carbons (Fsp3) is 0.959. The zero-order valence-electron chi connectivity index (χ0n) is 37.7. The number of carbonyl (C=O) groups is 2. The summed E-state index contributed by atoms with van der Waals surface area (Å²) in [6, 6.07) is 0. The van der Waals surface area contributed by atoms with E-state index < -0.39 is 0 Å². The van der Waals surface area contributed by atoms with Gasteiger partial charge in [-0.1, -0.05) is 196 Å². The van der Waals surface area contributed by atoms with Crippen LogP contribution in [0.1, 0.15) is 253 Å².